The van der Waals surface area contributed by atoms with Crippen molar-refractivity contribution in [1.82, 2.24) is 20.2 Å². The highest BCUT2D eigenvalue weighted by molar-refractivity contribution is 5.83. The van der Waals surface area contributed by atoms with Gasteiger partial charge in [-0.1, -0.05) is 5.57 Å². The minimum atomic E-state index is -0.0103. The lowest BCUT2D eigenvalue weighted by Crippen LogP contribution is -2.44. The third-order valence-electron chi connectivity index (χ3n) is 3.43. The van der Waals surface area contributed by atoms with E-state index in [1.165, 1.54) is 31.3 Å². The quantitative estimate of drug-likeness (QED) is 0.735. The smallest absolute Gasteiger partial charge is 0.196 e. The summed E-state index contributed by atoms with van der Waals surface area (Å²) in [6, 6.07) is 0.591. The number of nitrogens with one attached hydrogen (secondary N) is 2. The van der Waals surface area contributed by atoms with Crippen LogP contribution in [0.25, 0.3) is 6.20 Å². The summed E-state index contributed by atoms with van der Waals surface area (Å²) in [6.07, 6.45) is 8.76. The normalized spacial score (nSPS) is 25.2. The van der Waals surface area contributed by atoms with Crippen molar-refractivity contribution in [2.75, 3.05) is 0 Å². The lowest BCUT2D eigenvalue weighted by Gasteiger charge is -2.23. The molecule has 2 saturated carbocycles. The molecule has 1 atom stereocenters. The molecule has 2 heterocycles. The fraction of sp³-hybridized carbons (Fsp3) is 0.500. The van der Waals surface area contributed by atoms with E-state index in [2.05, 4.69) is 26.8 Å². The molecule has 3 aliphatic rings. The van der Waals surface area contributed by atoms with E-state index < -0.39 is 0 Å². The van der Waals surface area contributed by atoms with Crippen LogP contribution in [0, 0.1) is 0 Å². The zero-order valence-corrected chi connectivity index (χ0v) is 10.1. The second kappa shape index (κ2) is 3.58. The standard InChI is InChI=1S/C12H16N6/c13-12-16-10(15-8-3-4-8)9-11(17-12)18(6-14-9)5-7-1-2-7/h5-6,8,10,15H,1-4H2,(H3,13,16,17). The summed E-state index contributed by atoms with van der Waals surface area (Å²) in [5.41, 5.74) is 8.23. The Labute approximate surface area is 105 Å². The van der Waals surface area contributed by atoms with Gasteiger partial charge in [-0.05, 0) is 25.7 Å². The molecule has 6 nitrogen and oxygen atoms in total. The minimum Gasteiger partial charge on any atom is -0.370 e. The number of rotatable bonds is 3. The van der Waals surface area contributed by atoms with Crippen molar-refractivity contribution in [1.29, 1.82) is 0 Å². The van der Waals surface area contributed by atoms with Gasteiger partial charge in [0.15, 0.2) is 11.8 Å². The molecule has 6 heteroatoms. The molecule has 18 heavy (non-hydrogen) atoms. The number of hydrogen-bond acceptors (Lipinski definition) is 5. The van der Waals surface area contributed by atoms with E-state index in [0.29, 0.717) is 12.0 Å². The molecule has 1 aromatic rings. The minimum absolute atomic E-state index is 0.0103. The summed E-state index contributed by atoms with van der Waals surface area (Å²) in [6.45, 7) is 0. The third kappa shape index (κ3) is 1.78. The molecule has 0 saturated heterocycles. The van der Waals surface area contributed by atoms with Crippen LogP contribution in [-0.4, -0.2) is 21.6 Å². The molecule has 4 N–H and O–H groups in total. The number of fused-ring (bicyclic) bond motifs is 1. The van der Waals surface area contributed by atoms with Crippen molar-refractivity contribution in [2.24, 2.45) is 10.7 Å². The third-order valence-corrected chi connectivity index (χ3v) is 3.43. The lowest BCUT2D eigenvalue weighted by molar-refractivity contribution is 0.486. The average molecular weight is 244 g/mol. The van der Waals surface area contributed by atoms with Crippen molar-refractivity contribution in [3.05, 3.63) is 17.6 Å². The molecule has 0 radical (unpaired) electrons. The van der Waals surface area contributed by atoms with Crippen LogP contribution in [0.5, 0.6) is 0 Å². The van der Waals surface area contributed by atoms with E-state index in [0.717, 1.165) is 11.5 Å². The van der Waals surface area contributed by atoms with Crippen LogP contribution in [0.1, 0.15) is 37.5 Å². The Morgan fingerprint density at radius 1 is 1.44 bits per heavy atom. The van der Waals surface area contributed by atoms with E-state index in [4.69, 9.17) is 5.73 Å². The lowest BCUT2D eigenvalue weighted by atomic mass is 10.3. The molecule has 94 valence electrons. The first kappa shape index (κ1) is 10.1. The molecule has 2 aliphatic carbocycles. The summed E-state index contributed by atoms with van der Waals surface area (Å²) in [5, 5.41) is 6.64. The first-order chi connectivity index (χ1) is 8.79. The van der Waals surface area contributed by atoms with E-state index in [-0.39, 0.29) is 6.17 Å². The Balaban J connectivity index is 1.70. The number of aliphatic imine (C=N–C) groups is 1. The Hall–Kier alpha value is -1.82. The molecule has 1 aromatic heterocycles. The van der Waals surface area contributed by atoms with Gasteiger partial charge in [-0.25, -0.2) is 4.98 Å². The number of imidazole rings is 1. The summed E-state index contributed by atoms with van der Waals surface area (Å²) in [5.74, 6) is 1.31. The predicted octanol–water partition coefficient (Wildman–Crippen LogP) is 0.818. The van der Waals surface area contributed by atoms with Gasteiger partial charge in [-0.2, -0.15) is 4.99 Å². The molecule has 0 amide bonds. The zero-order valence-electron chi connectivity index (χ0n) is 10.1. The van der Waals surface area contributed by atoms with Crippen LogP contribution in [0.3, 0.4) is 0 Å². The van der Waals surface area contributed by atoms with E-state index in [9.17, 15) is 0 Å². The molecular formula is C12H16N6. The van der Waals surface area contributed by atoms with Crippen LogP contribution in [0.15, 0.2) is 16.9 Å². The second-order valence-corrected chi connectivity index (χ2v) is 5.16. The maximum Gasteiger partial charge on any atom is 0.196 e. The molecule has 1 unspecified atom stereocenters. The van der Waals surface area contributed by atoms with Gasteiger partial charge < -0.3 is 11.1 Å². The van der Waals surface area contributed by atoms with Crippen LogP contribution in [0.2, 0.25) is 0 Å². The average Bonchev–Trinajstić information content (AvgIpc) is 3.22. The molecular weight excluding hydrogens is 228 g/mol. The first-order valence-electron chi connectivity index (χ1n) is 6.42. The maximum atomic E-state index is 5.85. The van der Waals surface area contributed by atoms with Crippen molar-refractivity contribution in [3.63, 3.8) is 0 Å². The maximum absolute atomic E-state index is 5.85. The number of hydrogen-bond donors (Lipinski definition) is 3. The highest BCUT2D eigenvalue weighted by atomic mass is 15.3. The summed E-state index contributed by atoms with van der Waals surface area (Å²) in [4.78, 5) is 8.83. The van der Waals surface area contributed by atoms with Crippen LogP contribution < -0.4 is 16.4 Å². The molecule has 0 spiro atoms. The number of nitrogens with two attached hydrogens (primary N) is 1. The van der Waals surface area contributed by atoms with E-state index in [1.807, 2.05) is 10.9 Å². The monoisotopic (exact) mass is 244 g/mol. The fourth-order valence-electron chi connectivity index (χ4n) is 2.15. The van der Waals surface area contributed by atoms with Crippen LogP contribution in [-0.2, 0) is 0 Å². The molecule has 0 aromatic carbocycles. The number of aromatic nitrogens is 2. The van der Waals surface area contributed by atoms with Gasteiger partial charge >= 0.3 is 0 Å². The van der Waals surface area contributed by atoms with Crippen molar-refractivity contribution < 1.29 is 0 Å². The molecule has 1 aliphatic heterocycles. The van der Waals surface area contributed by atoms with Crippen molar-refractivity contribution >= 4 is 18.0 Å². The second-order valence-electron chi connectivity index (χ2n) is 5.16. The van der Waals surface area contributed by atoms with Gasteiger partial charge in [0.05, 0.1) is 0 Å². The summed E-state index contributed by atoms with van der Waals surface area (Å²) >= 11 is 0. The number of guanidine groups is 1. The van der Waals surface area contributed by atoms with Gasteiger partial charge in [0, 0.05) is 12.2 Å². The first-order valence-corrected chi connectivity index (χ1v) is 6.42. The zero-order chi connectivity index (χ0) is 12.1. The Morgan fingerprint density at radius 3 is 3.00 bits per heavy atom. The Kier molecular flexibility index (Phi) is 2.02. The van der Waals surface area contributed by atoms with Gasteiger partial charge in [0.1, 0.15) is 18.2 Å². The summed E-state index contributed by atoms with van der Waals surface area (Å²) in [7, 11) is 0. The fourth-order valence-corrected chi connectivity index (χ4v) is 2.15. The van der Waals surface area contributed by atoms with Crippen LogP contribution >= 0.6 is 0 Å². The topological polar surface area (TPSA) is 80.3 Å². The van der Waals surface area contributed by atoms with Gasteiger partial charge in [-0.15, -0.1) is 0 Å². The molecule has 0 bridgehead atoms. The Morgan fingerprint density at radius 2 is 2.28 bits per heavy atom. The number of allylic oxidation sites excluding steroid dienone is 1. The SMILES string of the molecule is NC1=Nc2c(ncn2C=C2CC2)C(NC2CC2)N1. The highest BCUT2D eigenvalue weighted by Crippen LogP contribution is 2.33. The molecule has 2 fully saturated rings. The van der Waals surface area contributed by atoms with Gasteiger partial charge in [0.25, 0.3) is 0 Å². The van der Waals surface area contributed by atoms with Crippen molar-refractivity contribution in [3.8, 4) is 0 Å². The van der Waals surface area contributed by atoms with E-state index in [1.54, 1.807) is 0 Å². The summed E-state index contributed by atoms with van der Waals surface area (Å²) < 4.78 is 1.98. The Bertz CT molecular complexity index is 545. The van der Waals surface area contributed by atoms with Gasteiger partial charge in [-0.3, -0.25) is 9.88 Å². The van der Waals surface area contributed by atoms with Crippen LogP contribution in [0.4, 0.5) is 5.82 Å². The predicted molar refractivity (Wildman–Crippen MR) is 69.1 cm³/mol. The highest BCUT2D eigenvalue weighted by Gasteiger charge is 2.31. The number of nitrogens with zero attached hydrogens (tertiary/aromatic N) is 3. The van der Waals surface area contributed by atoms with Crippen molar-refractivity contribution in [2.45, 2.75) is 37.9 Å². The van der Waals surface area contributed by atoms with Gasteiger partial charge in [0.2, 0.25) is 0 Å². The van der Waals surface area contributed by atoms with E-state index >= 15 is 0 Å². The molecule has 4 rings (SSSR count). The largest absolute Gasteiger partial charge is 0.370 e.